The molecule has 2 aromatic carbocycles. The molecule has 2 N–H and O–H groups in total. The molecule has 1 amide bonds. The first-order chi connectivity index (χ1) is 12.8. The molecule has 2 rings (SSSR count). The molecular weight excluding hydrogens is 412 g/mol. The molecule has 0 aliphatic carbocycles. The molecule has 0 bridgehead atoms. The molecule has 144 valence electrons. The van der Waals surface area contributed by atoms with Gasteiger partial charge in [-0.05, 0) is 72.6 Å². The van der Waals surface area contributed by atoms with Gasteiger partial charge in [0.15, 0.2) is 0 Å². The number of methoxy groups -OCH3 is 1. The summed E-state index contributed by atoms with van der Waals surface area (Å²) in [4.78, 5) is 24.1. The lowest BCUT2D eigenvalue weighted by molar-refractivity contribution is -0.114. The third-order valence-corrected chi connectivity index (χ3v) is 4.26. The number of ether oxygens (including phenoxy) is 2. The minimum Gasteiger partial charge on any atom is -0.489 e. The highest BCUT2D eigenvalue weighted by molar-refractivity contribution is 9.10. The summed E-state index contributed by atoms with van der Waals surface area (Å²) in [5.74, 6) is -0.123. The van der Waals surface area contributed by atoms with E-state index in [0.717, 1.165) is 10.0 Å². The number of benzene rings is 2. The minimum atomic E-state index is -0.456. The fraction of sp³-hybridized carbons (Fsp3) is 0.300. The van der Waals surface area contributed by atoms with Crippen molar-refractivity contribution in [1.82, 2.24) is 0 Å². The molecule has 0 saturated heterocycles. The Kier molecular flexibility index (Phi) is 7.24. The van der Waals surface area contributed by atoms with Gasteiger partial charge in [0.25, 0.3) is 0 Å². The summed E-state index contributed by atoms with van der Waals surface area (Å²) >= 11 is 3.44. The lowest BCUT2D eigenvalue weighted by atomic mass is 10.2. The fourth-order valence-corrected chi connectivity index (χ4v) is 2.95. The third-order valence-electron chi connectivity index (χ3n) is 3.60. The van der Waals surface area contributed by atoms with Gasteiger partial charge in [-0.2, -0.15) is 0 Å². The zero-order valence-corrected chi connectivity index (χ0v) is 17.3. The van der Waals surface area contributed by atoms with E-state index >= 15 is 0 Å². The molecule has 0 saturated carbocycles. The molecule has 0 atom stereocenters. The van der Waals surface area contributed by atoms with E-state index in [4.69, 9.17) is 9.47 Å². The highest BCUT2D eigenvalue weighted by Gasteiger charge is 2.13. The van der Waals surface area contributed by atoms with Gasteiger partial charge in [0, 0.05) is 4.47 Å². The lowest BCUT2D eigenvalue weighted by Gasteiger charge is -2.16. The number of rotatable bonds is 7. The number of anilines is 2. The van der Waals surface area contributed by atoms with Gasteiger partial charge < -0.3 is 20.1 Å². The Balaban J connectivity index is 2.11. The maximum absolute atomic E-state index is 12.3. The lowest BCUT2D eigenvalue weighted by Crippen LogP contribution is -2.22. The van der Waals surface area contributed by atoms with Gasteiger partial charge in [0.2, 0.25) is 5.91 Å². The van der Waals surface area contributed by atoms with Crippen molar-refractivity contribution in [3.63, 3.8) is 0 Å². The first-order valence-electron chi connectivity index (χ1n) is 8.49. The van der Waals surface area contributed by atoms with Gasteiger partial charge in [0.05, 0.1) is 36.7 Å². The number of halogens is 1. The number of nitrogens with one attached hydrogen (secondary N) is 2. The normalized spacial score (nSPS) is 10.4. The number of carbonyl (C=O) groups excluding carboxylic acids is 2. The molecule has 0 unspecified atom stereocenters. The second kappa shape index (κ2) is 9.41. The maximum Gasteiger partial charge on any atom is 0.337 e. The Morgan fingerprint density at radius 2 is 1.85 bits per heavy atom. The summed E-state index contributed by atoms with van der Waals surface area (Å²) in [6.45, 7) is 5.79. The molecule has 0 spiro atoms. The minimum absolute atomic E-state index is 0.0133. The van der Waals surface area contributed by atoms with E-state index in [1.54, 1.807) is 18.2 Å². The molecule has 7 heteroatoms. The fourth-order valence-electron chi connectivity index (χ4n) is 2.36. The number of hydrogen-bond acceptors (Lipinski definition) is 5. The zero-order chi connectivity index (χ0) is 20.0. The van der Waals surface area contributed by atoms with Crippen molar-refractivity contribution in [2.24, 2.45) is 0 Å². The third kappa shape index (κ3) is 5.99. The van der Waals surface area contributed by atoms with Gasteiger partial charge >= 0.3 is 5.97 Å². The van der Waals surface area contributed by atoms with Crippen molar-refractivity contribution in [3.05, 3.63) is 52.0 Å². The van der Waals surface area contributed by atoms with E-state index in [0.29, 0.717) is 22.7 Å². The second-order valence-electron chi connectivity index (χ2n) is 6.25. The summed E-state index contributed by atoms with van der Waals surface area (Å²) < 4.78 is 11.3. The Morgan fingerprint density at radius 3 is 2.48 bits per heavy atom. The van der Waals surface area contributed by atoms with Crippen molar-refractivity contribution in [1.29, 1.82) is 0 Å². The standard InChI is InChI=1S/C20H23BrN2O4/c1-12(2)27-18-8-6-14(20(25)26-4)10-17(18)22-11-19(24)23-16-7-5-13(3)9-15(16)21/h5-10,12,22H,11H2,1-4H3,(H,23,24). The largest absolute Gasteiger partial charge is 0.489 e. The number of aryl methyl sites for hydroxylation is 1. The predicted molar refractivity (Wildman–Crippen MR) is 110 cm³/mol. The van der Waals surface area contributed by atoms with Crippen LogP contribution >= 0.6 is 15.9 Å². The average molecular weight is 435 g/mol. The van der Waals surface area contributed by atoms with Crippen LogP contribution in [0.15, 0.2) is 40.9 Å². The molecule has 0 aliphatic rings. The van der Waals surface area contributed by atoms with E-state index < -0.39 is 5.97 Å². The summed E-state index contributed by atoms with van der Waals surface area (Å²) in [6.07, 6.45) is -0.0492. The van der Waals surface area contributed by atoms with Crippen LogP contribution in [0.4, 0.5) is 11.4 Å². The molecule has 0 fully saturated rings. The first-order valence-corrected chi connectivity index (χ1v) is 9.28. The summed E-state index contributed by atoms with van der Waals surface area (Å²) in [6, 6.07) is 10.6. The van der Waals surface area contributed by atoms with Crippen molar-refractivity contribution < 1.29 is 19.1 Å². The summed E-state index contributed by atoms with van der Waals surface area (Å²) in [5.41, 5.74) is 2.70. The molecule has 0 radical (unpaired) electrons. The van der Waals surface area contributed by atoms with Crippen LogP contribution < -0.4 is 15.4 Å². The van der Waals surface area contributed by atoms with E-state index in [-0.39, 0.29) is 18.6 Å². The average Bonchev–Trinajstić information content (AvgIpc) is 2.62. The van der Waals surface area contributed by atoms with Gasteiger partial charge in [-0.1, -0.05) is 6.07 Å². The topological polar surface area (TPSA) is 76.7 Å². The van der Waals surface area contributed by atoms with E-state index in [9.17, 15) is 9.59 Å². The van der Waals surface area contributed by atoms with Gasteiger partial charge in [-0.3, -0.25) is 4.79 Å². The number of esters is 1. The Bertz CT molecular complexity index is 837. The number of amides is 1. The van der Waals surface area contributed by atoms with Crippen molar-refractivity contribution in [2.45, 2.75) is 26.9 Å². The molecular formula is C20H23BrN2O4. The van der Waals surface area contributed by atoms with E-state index in [2.05, 4.69) is 26.6 Å². The Hall–Kier alpha value is -2.54. The molecule has 0 aromatic heterocycles. The van der Waals surface area contributed by atoms with Crippen LogP contribution in [-0.4, -0.2) is 31.6 Å². The summed E-state index contributed by atoms with van der Waals surface area (Å²) in [5, 5.41) is 5.86. The van der Waals surface area contributed by atoms with Crippen molar-refractivity contribution >= 4 is 39.2 Å². The Labute approximate surface area is 167 Å². The second-order valence-corrected chi connectivity index (χ2v) is 7.11. The van der Waals surface area contributed by atoms with Gasteiger partial charge in [-0.25, -0.2) is 4.79 Å². The van der Waals surface area contributed by atoms with Crippen LogP contribution in [0.3, 0.4) is 0 Å². The molecule has 2 aromatic rings. The highest BCUT2D eigenvalue weighted by atomic mass is 79.9. The molecule has 0 aliphatic heterocycles. The predicted octanol–water partition coefficient (Wildman–Crippen LogP) is 4.38. The highest BCUT2D eigenvalue weighted by Crippen LogP contribution is 2.27. The molecule has 0 heterocycles. The van der Waals surface area contributed by atoms with Crippen LogP contribution in [0.2, 0.25) is 0 Å². The van der Waals surface area contributed by atoms with E-state index in [1.807, 2.05) is 39.0 Å². The van der Waals surface area contributed by atoms with Gasteiger partial charge in [-0.15, -0.1) is 0 Å². The SMILES string of the molecule is COC(=O)c1ccc(OC(C)C)c(NCC(=O)Nc2ccc(C)cc2Br)c1. The van der Waals surface area contributed by atoms with Crippen LogP contribution in [0.25, 0.3) is 0 Å². The Morgan fingerprint density at radius 1 is 1.11 bits per heavy atom. The van der Waals surface area contributed by atoms with Crippen LogP contribution in [0.5, 0.6) is 5.75 Å². The number of carbonyl (C=O) groups is 2. The number of hydrogen-bond donors (Lipinski definition) is 2. The van der Waals surface area contributed by atoms with E-state index in [1.165, 1.54) is 7.11 Å². The van der Waals surface area contributed by atoms with Gasteiger partial charge in [0.1, 0.15) is 5.75 Å². The van der Waals surface area contributed by atoms with Crippen LogP contribution in [0.1, 0.15) is 29.8 Å². The monoisotopic (exact) mass is 434 g/mol. The first kappa shape index (κ1) is 20.8. The van der Waals surface area contributed by atoms with Crippen LogP contribution in [-0.2, 0) is 9.53 Å². The quantitative estimate of drug-likeness (QED) is 0.632. The smallest absolute Gasteiger partial charge is 0.337 e. The summed E-state index contributed by atoms with van der Waals surface area (Å²) in [7, 11) is 1.32. The zero-order valence-electron chi connectivity index (χ0n) is 15.8. The molecule has 6 nitrogen and oxygen atoms in total. The molecule has 27 heavy (non-hydrogen) atoms. The van der Waals surface area contributed by atoms with Crippen LogP contribution in [0, 0.1) is 6.92 Å². The van der Waals surface area contributed by atoms with Crippen molar-refractivity contribution in [2.75, 3.05) is 24.3 Å². The maximum atomic E-state index is 12.3. The van der Waals surface area contributed by atoms with Crippen molar-refractivity contribution in [3.8, 4) is 5.75 Å².